The topological polar surface area (TPSA) is 3.24 Å². The molecule has 0 radical (unpaired) electrons. The van der Waals surface area contributed by atoms with E-state index in [1.807, 2.05) is 30.3 Å². The molecule has 0 N–H and O–H groups in total. The Bertz CT molecular complexity index is 3080. The van der Waals surface area contributed by atoms with Crippen LogP contribution in [0, 0.1) is 0 Å². The minimum Gasteiger partial charge on any atom is -0.310 e. The van der Waals surface area contributed by atoms with Gasteiger partial charge in [-0.2, -0.15) is 13.2 Å². The van der Waals surface area contributed by atoms with Crippen LogP contribution in [0.4, 0.5) is 30.2 Å². The normalized spacial score (nSPS) is 11.8. The summed E-state index contributed by atoms with van der Waals surface area (Å²) in [5.74, 6) is 0. The van der Waals surface area contributed by atoms with E-state index in [1.54, 1.807) is 12.1 Å². The summed E-state index contributed by atoms with van der Waals surface area (Å²) in [5, 5.41) is 8.71. The van der Waals surface area contributed by atoms with E-state index in [9.17, 15) is 13.2 Å². The highest BCUT2D eigenvalue weighted by molar-refractivity contribution is 6.33. The molecule has 0 fully saturated rings. The van der Waals surface area contributed by atoms with E-state index >= 15 is 0 Å². The fraction of sp³-hybridized carbons (Fsp3) is 0.0189. The first-order valence-corrected chi connectivity index (χ1v) is 19.0. The molecule has 0 amide bonds. The average Bonchev–Trinajstić information content (AvgIpc) is 3.27. The summed E-state index contributed by atoms with van der Waals surface area (Å²) in [6.45, 7) is 0. The number of benzene rings is 10. The van der Waals surface area contributed by atoms with Gasteiger partial charge in [0, 0.05) is 16.8 Å². The maximum atomic E-state index is 13.8. The molecule has 0 atom stereocenters. The summed E-state index contributed by atoms with van der Waals surface area (Å²) in [6.07, 6.45) is -4.45. The summed E-state index contributed by atoms with van der Waals surface area (Å²) < 4.78 is 41.5. The standard InChI is InChI=1S/C53H34F3N/c54-53(55,56)39-27-29-40(30-28-39)57(49-26-14-22-35-19-10-11-23-42(35)49)41-31-32-45-48(33-41)43-24-12-13-25-44(43)51-47(37-17-6-2-7-18-37)34-46(36-15-4-1-5-16-36)50(52(45)51)38-20-8-3-9-21-38/h1-34H. The van der Waals surface area contributed by atoms with Crippen LogP contribution in [0.15, 0.2) is 206 Å². The third-order valence-corrected chi connectivity index (χ3v) is 11.0. The molecule has 0 aliphatic heterocycles. The second kappa shape index (κ2) is 13.8. The second-order valence-electron chi connectivity index (χ2n) is 14.3. The molecule has 10 aromatic carbocycles. The van der Waals surface area contributed by atoms with Crippen molar-refractivity contribution in [3.05, 3.63) is 212 Å². The van der Waals surface area contributed by atoms with Gasteiger partial charge < -0.3 is 4.90 Å². The third-order valence-electron chi connectivity index (χ3n) is 11.0. The van der Waals surface area contributed by atoms with Crippen molar-refractivity contribution in [1.29, 1.82) is 0 Å². The largest absolute Gasteiger partial charge is 0.416 e. The zero-order valence-corrected chi connectivity index (χ0v) is 30.7. The molecular formula is C53H34F3N. The lowest BCUT2D eigenvalue weighted by atomic mass is 9.81. The molecule has 10 aromatic rings. The van der Waals surface area contributed by atoms with Crippen LogP contribution in [0.1, 0.15) is 5.56 Å². The lowest BCUT2D eigenvalue weighted by Gasteiger charge is -2.28. The van der Waals surface area contributed by atoms with Crippen LogP contribution < -0.4 is 4.90 Å². The first-order chi connectivity index (χ1) is 27.9. The van der Waals surface area contributed by atoms with Gasteiger partial charge in [-0.05, 0) is 120 Å². The second-order valence-corrected chi connectivity index (χ2v) is 14.3. The van der Waals surface area contributed by atoms with Crippen LogP contribution >= 0.6 is 0 Å². The van der Waals surface area contributed by atoms with Crippen molar-refractivity contribution in [2.24, 2.45) is 0 Å². The van der Waals surface area contributed by atoms with Gasteiger partial charge in [0.15, 0.2) is 0 Å². The molecule has 0 aliphatic rings. The predicted molar refractivity (Wildman–Crippen MR) is 232 cm³/mol. The number of halogens is 3. The van der Waals surface area contributed by atoms with E-state index in [-0.39, 0.29) is 0 Å². The number of nitrogens with zero attached hydrogens (tertiary/aromatic N) is 1. The Kier molecular flexibility index (Phi) is 8.34. The zero-order chi connectivity index (χ0) is 38.5. The van der Waals surface area contributed by atoms with Crippen LogP contribution in [-0.4, -0.2) is 0 Å². The van der Waals surface area contributed by atoms with Crippen molar-refractivity contribution in [3.8, 4) is 33.4 Å². The number of alkyl halides is 3. The fourth-order valence-corrected chi connectivity index (χ4v) is 8.51. The molecule has 0 saturated carbocycles. The third kappa shape index (κ3) is 5.98. The summed E-state index contributed by atoms with van der Waals surface area (Å²) in [5.41, 5.74) is 8.46. The predicted octanol–water partition coefficient (Wildman–Crippen LogP) is 15.8. The van der Waals surface area contributed by atoms with E-state index < -0.39 is 11.7 Å². The van der Waals surface area contributed by atoms with Crippen LogP contribution in [0.25, 0.3) is 76.5 Å². The van der Waals surface area contributed by atoms with Gasteiger partial charge in [-0.15, -0.1) is 0 Å². The summed E-state index contributed by atoms with van der Waals surface area (Å²) in [7, 11) is 0. The van der Waals surface area contributed by atoms with Gasteiger partial charge >= 0.3 is 6.18 Å². The summed E-state index contributed by atoms with van der Waals surface area (Å²) >= 11 is 0. The highest BCUT2D eigenvalue weighted by Gasteiger charge is 2.30. The van der Waals surface area contributed by atoms with Crippen molar-refractivity contribution in [3.63, 3.8) is 0 Å². The van der Waals surface area contributed by atoms with Gasteiger partial charge in [0.2, 0.25) is 0 Å². The maximum Gasteiger partial charge on any atom is 0.416 e. The molecule has 57 heavy (non-hydrogen) atoms. The number of hydrogen-bond donors (Lipinski definition) is 0. The van der Waals surface area contributed by atoms with Crippen molar-refractivity contribution in [2.45, 2.75) is 6.18 Å². The van der Waals surface area contributed by atoms with E-state index in [0.29, 0.717) is 5.69 Å². The Labute approximate surface area is 328 Å². The van der Waals surface area contributed by atoms with Gasteiger partial charge in [-0.1, -0.05) is 158 Å². The first kappa shape index (κ1) is 34.3. The van der Waals surface area contributed by atoms with Crippen molar-refractivity contribution in [1.82, 2.24) is 0 Å². The summed E-state index contributed by atoms with van der Waals surface area (Å²) in [4.78, 5) is 2.08. The minimum absolute atomic E-state index is 0.631. The number of anilines is 3. The zero-order valence-electron chi connectivity index (χ0n) is 30.7. The lowest BCUT2D eigenvalue weighted by Crippen LogP contribution is -2.11. The summed E-state index contributed by atoms with van der Waals surface area (Å²) in [6, 6.07) is 68.9. The number of rotatable bonds is 6. The number of fused-ring (bicyclic) bond motifs is 7. The van der Waals surface area contributed by atoms with Gasteiger partial charge in [0.1, 0.15) is 0 Å². The van der Waals surface area contributed by atoms with Crippen molar-refractivity contribution >= 4 is 60.2 Å². The Balaban J connectivity index is 1.35. The van der Waals surface area contributed by atoms with Crippen LogP contribution in [0.5, 0.6) is 0 Å². The molecule has 0 spiro atoms. The highest BCUT2D eigenvalue weighted by Crippen LogP contribution is 2.50. The van der Waals surface area contributed by atoms with Gasteiger partial charge in [0.05, 0.1) is 11.3 Å². The van der Waals surface area contributed by atoms with Crippen LogP contribution in [-0.2, 0) is 6.18 Å². The smallest absolute Gasteiger partial charge is 0.310 e. The van der Waals surface area contributed by atoms with Gasteiger partial charge in [-0.25, -0.2) is 0 Å². The Morgan fingerprint density at radius 3 is 1.54 bits per heavy atom. The van der Waals surface area contributed by atoms with E-state index in [1.165, 1.54) is 17.5 Å². The molecule has 0 aliphatic carbocycles. The SMILES string of the molecule is FC(F)(F)c1ccc(N(c2ccc3c(c2)c2ccccc2c2c(-c4ccccc4)cc(-c4ccccc4)c(-c4ccccc4)c32)c2cccc3ccccc23)cc1. The first-order valence-electron chi connectivity index (χ1n) is 19.0. The minimum atomic E-state index is -4.45. The van der Waals surface area contributed by atoms with Gasteiger partial charge in [0.25, 0.3) is 0 Å². The molecule has 0 unspecified atom stereocenters. The van der Waals surface area contributed by atoms with Crippen LogP contribution in [0.2, 0.25) is 0 Å². The molecule has 272 valence electrons. The van der Waals surface area contributed by atoms with E-state index in [0.717, 1.165) is 82.5 Å². The maximum absolute atomic E-state index is 13.8. The average molecular weight is 742 g/mol. The van der Waals surface area contributed by atoms with Crippen molar-refractivity contribution < 1.29 is 13.2 Å². The van der Waals surface area contributed by atoms with E-state index in [2.05, 4.69) is 157 Å². The van der Waals surface area contributed by atoms with Gasteiger partial charge in [-0.3, -0.25) is 0 Å². The molecule has 1 nitrogen and oxygen atoms in total. The van der Waals surface area contributed by atoms with Crippen molar-refractivity contribution in [2.75, 3.05) is 4.90 Å². The molecule has 0 saturated heterocycles. The monoisotopic (exact) mass is 741 g/mol. The fourth-order valence-electron chi connectivity index (χ4n) is 8.51. The Hall–Kier alpha value is -7.17. The molecule has 4 heteroatoms. The van der Waals surface area contributed by atoms with E-state index in [4.69, 9.17) is 0 Å². The Morgan fingerprint density at radius 2 is 0.877 bits per heavy atom. The van der Waals surface area contributed by atoms with Crippen LogP contribution in [0.3, 0.4) is 0 Å². The quantitative estimate of drug-likeness (QED) is 0.153. The molecule has 0 heterocycles. The molecule has 0 aromatic heterocycles. The molecule has 10 rings (SSSR count). The number of hydrogen-bond acceptors (Lipinski definition) is 1. The highest BCUT2D eigenvalue weighted by atomic mass is 19.4. The molecular weight excluding hydrogens is 708 g/mol. The Morgan fingerprint density at radius 1 is 0.351 bits per heavy atom. The molecule has 0 bridgehead atoms. The lowest BCUT2D eigenvalue weighted by molar-refractivity contribution is -0.137.